The van der Waals surface area contributed by atoms with E-state index in [-0.39, 0.29) is 17.9 Å². The second kappa shape index (κ2) is 11.9. The van der Waals surface area contributed by atoms with E-state index in [1.54, 1.807) is 7.05 Å². The van der Waals surface area contributed by atoms with Crippen molar-refractivity contribution in [1.29, 1.82) is 0 Å². The zero-order chi connectivity index (χ0) is 33.3. The first-order valence-corrected chi connectivity index (χ1v) is 18.2. The Morgan fingerprint density at radius 2 is 1.76 bits per heavy atom. The molecule has 2 amide bonds. The molecule has 2 N–H and O–H groups in total. The number of benzene rings is 2. The molecule has 5 heterocycles. The van der Waals surface area contributed by atoms with E-state index in [1.807, 2.05) is 31.5 Å². The Balaban J connectivity index is 1.10. The number of nitrogens with one attached hydrogen (secondary N) is 2. The van der Waals surface area contributed by atoms with Crippen LogP contribution in [0.15, 0.2) is 48.8 Å². The Morgan fingerprint density at radius 1 is 0.959 bits per heavy atom. The van der Waals surface area contributed by atoms with Crippen molar-refractivity contribution >= 4 is 40.0 Å². The predicted molar refractivity (Wildman–Crippen MR) is 191 cm³/mol. The van der Waals surface area contributed by atoms with Gasteiger partial charge in [-0.15, -0.1) is 0 Å². The van der Waals surface area contributed by atoms with Crippen LogP contribution in [0.5, 0.6) is 0 Å². The number of amides is 2. The molecule has 2 aliphatic carbocycles. The lowest BCUT2D eigenvalue weighted by molar-refractivity contribution is -0.127. The van der Waals surface area contributed by atoms with E-state index >= 15 is 0 Å². The second-order valence-electron chi connectivity index (χ2n) is 14.8. The molecule has 10 heteroatoms. The Bertz CT molecular complexity index is 1950. The van der Waals surface area contributed by atoms with Crippen molar-refractivity contribution in [2.45, 2.75) is 88.3 Å². The molecule has 0 radical (unpaired) electrons. The van der Waals surface area contributed by atoms with Crippen LogP contribution in [0.3, 0.4) is 0 Å². The van der Waals surface area contributed by atoms with Crippen LogP contribution in [-0.2, 0) is 14.9 Å². The van der Waals surface area contributed by atoms with E-state index in [4.69, 9.17) is 14.7 Å². The Hall–Kier alpha value is -4.28. The highest BCUT2D eigenvalue weighted by Gasteiger charge is 2.55. The summed E-state index contributed by atoms with van der Waals surface area (Å²) >= 11 is 0. The van der Waals surface area contributed by atoms with Crippen LogP contribution in [-0.4, -0.2) is 76.7 Å². The molecule has 2 saturated carbocycles. The van der Waals surface area contributed by atoms with Gasteiger partial charge in [0.05, 0.1) is 23.0 Å². The van der Waals surface area contributed by atoms with Gasteiger partial charge in [-0.05, 0) is 107 Å². The molecule has 10 nitrogen and oxygen atoms in total. The van der Waals surface area contributed by atoms with Crippen LogP contribution in [0.25, 0.3) is 22.3 Å². The Kier molecular flexibility index (Phi) is 7.50. The summed E-state index contributed by atoms with van der Waals surface area (Å²) in [6, 6.07) is 15.6. The molecule has 0 unspecified atom stereocenters. The van der Waals surface area contributed by atoms with Crippen LogP contribution in [0, 0.1) is 6.92 Å². The molecule has 2 aromatic heterocycles. The van der Waals surface area contributed by atoms with Gasteiger partial charge in [-0.3, -0.25) is 9.59 Å². The lowest BCUT2D eigenvalue weighted by Crippen LogP contribution is -2.57. The van der Waals surface area contributed by atoms with Gasteiger partial charge in [-0.1, -0.05) is 24.6 Å². The number of carbonyl (C=O) groups is 2. The van der Waals surface area contributed by atoms with Crippen molar-refractivity contribution in [3.8, 4) is 11.3 Å². The van der Waals surface area contributed by atoms with E-state index < -0.39 is 5.41 Å². The molecule has 49 heavy (non-hydrogen) atoms. The minimum atomic E-state index is -0.511. The van der Waals surface area contributed by atoms with Crippen molar-refractivity contribution in [3.63, 3.8) is 0 Å². The number of fused-ring (bicyclic) bond motifs is 3. The smallest absolute Gasteiger partial charge is 0.251 e. The van der Waals surface area contributed by atoms with Crippen LogP contribution >= 0.6 is 0 Å². The standard InChI is InChI=1S/C39H45N7O3/c1-24-6-8-26(19-30(24)37(47)40-2)42-36-35-33(41-23-45(35)27-9-10-27)22-32(43-36)25-7-11-31-34(18-25)46(38(48)39(31)12-16-49-17-13-39)29-20-28(21-29)44-14-4-3-5-15-44/h6-8,11,18-19,22-23,27-29H,3-5,9-10,12-17,20-21H2,1-2H3,(H,40,47)(H,42,43). The molecule has 4 aromatic rings. The molecule has 1 spiro atoms. The van der Waals surface area contributed by atoms with Gasteiger partial charge in [0.15, 0.2) is 5.82 Å². The molecule has 254 valence electrons. The van der Waals surface area contributed by atoms with E-state index in [9.17, 15) is 9.59 Å². The van der Waals surface area contributed by atoms with Crippen LogP contribution in [0.2, 0.25) is 0 Å². The van der Waals surface area contributed by atoms with Gasteiger partial charge in [-0.2, -0.15) is 0 Å². The van der Waals surface area contributed by atoms with Crippen LogP contribution in [0.1, 0.15) is 85.3 Å². The first-order chi connectivity index (χ1) is 23.9. The third kappa shape index (κ3) is 5.14. The molecular formula is C39H45N7O3. The third-order valence-electron chi connectivity index (χ3n) is 11.9. The number of piperidine rings is 1. The van der Waals surface area contributed by atoms with Gasteiger partial charge < -0.3 is 29.7 Å². The molecule has 9 rings (SSSR count). The maximum atomic E-state index is 14.5. The number of aromatic nitrogens is 3. The summed E-state index contributed by atoms with van der Waals surface area (Å²) in [5.41, 5.74) is 7.60. The van der Waals surface area contributed by atoms with Crippen molar-refractivity contribution in [2.75, 3.05) is 43.6 Å². The van der Waals surface area contributed by atoms with Gasteiger partial charge in [0.1, 0.15) is 5.52 Å². The minimum Gasteiger partial charge on any atom is -0.381 e. The molecule has 3 aliphatic heterocycles. The van der Waals surface area contributed by atoms with E-state index in [2.05, 4.69) is 49.3 Å². The fraction of sp³-hybridized carbons (Fsp3) is 0.487. The van der Waals surface area contributed by atoms with Gasteiger partial charge in [-0.25, -0.2) is 9.97 Å². The van der Waals surface area contributed by atoms with Crippen molar-refractivity contribution in [3.05, 3.63) is 65.5 Å². The third-order valence-corrected chi connectivity index (χ3v) is 11.9. The average Bonchev–Trinajstić information content (AvgIpc) is 3.83. The molecule has 5 aliphatic rings. The Labute approximate surface area is 287 Å². The monoisotopic (exact) mass is 659 g/mol. The number of hydrogen-bond donors (Lipinski definition) is 2. The molecular weight excluding hydrogens is 614 g/mol. The quantitative estimate of drug-likeness (QED) is 0.242. The summed E-state index contributed by atoms with van der Waals surface area (Å²) in [5.74, 6) is 0.843. The summed E-state index contributed by atoms with van der Waals surface area (Å²) < 4.78 is 8.01. The highest BCUT2D eigenvalue weighted by atomic mass is 16.5. The topological polar surface area (TPSA) is 105 Å². The van der Waals surface area contributed by atoms with Crippen molar-refractivity contribution in [1.82, 2.24) is 24.8 Å². The maximum absolute atomic E-state index is 14.5. The Morgan fingerprint density at radius 3 is 2.51 bits per heavy atom. The fourth-order valence-electron chi connectivity index (χ4n) is 8.81. The lowest BCUT2D eigenvalue weighted by Gasteiger charge is -2.48. The lowest BCUT2D eigenvalue weighted by atomic mass is 9.75. The maximum Gasteiger partial charge on any atom is 0.251 e. The number of pyridine rings is 1. The fourth-order valence-corrected chi connectivity index (χ4v) is 8.81. The number of imidazole rings is 1. The van der Waals surface area contributed by atoms with Crippen molar-refractivity contribution in [2.24, 2.45) is 0 Å². The molecule has 0 atom stereocenters. The van der Waals surface area contributed by atoms with Gasteiger partial charge in [0, 0.05) is 60.9 Å². The van der Waals surface area contributed by atoms with Crippen molar-refractivity contribution < 1.29 is 14.3 Å². The molecule has 0 bridgehead atoms. The first kappa shape index (κ1) is 30.8. The molecule has 2 aromatic carbocycles. The zero-order valence-electron chi connectivity index (χ0n) is 28.5. The number of nitrogens with zero attached hydrogens (tertiary/aromatic N) is 5. The molecule has 2 saturated heterocycles. The normalized spacial score (nSPS) is 23.5. The summed E-state index contributed by atoms with van der Waals surface area (Å²) in [4.78, 5) is 42.1. The second-order valence-corrected chi connectivity index (χ2v) is 14.8. The number of carbonyl (C=O) groups excluding carboxylic acids is 2. The number of rotatable bonds is 7. The van der Waals surface area contributed by atoms with Gasteiger partial charge >= 0.3 is 0 Å². The summed E-state index contributed by atoms with van der Waals surface area (Å²) in [6.07, 6.45) is 11.6. The zero-order valence-corrected chi connectivity index (χ0v) is 28.5. The summed E-state index contributed by atoms with van der Waals surface area (Å²) in [6.45, 7) is 5.53. The summed E-state index contributed by atoms with van der Waals surface area (Å²) in [7, 11) is 1.65. The number of hydrogen-bond acceptors (Lipinski definition) is 7. The van der Waals surface area contributed by atoms with E-state index in [1.165, 1.54) is 32.4 Å². The van der Waals surface area contributed by atoms with Crippen LogP contribution < -0.4 is 15.5 Å². The van der Waals surface area contributed by atoms with E-state index in [0.717, 1.165) is 83.3 Å². The van der Waals surface area contributed by atoms with Crippen LogP contribution in [0.4, 0.5) is 17.2 Å². The molecule has 4 fully saturated rings. The first-order valence-electron chi connectivity index (χ1n) is 18.2. The SMILES string of the molecule is CNC(=O)c1cc(Nc2nc(-c3ccc4c(c3)N(C3CC(N5CCCCC5)C3)C(=O)C43CCOCC3)cc3ncn(C4CC4)c23)ccc1C. The highest BCUT2D eigenvalue weighted by molar-refractivity contribution is 6.09. The largest absolute Gasteiger partial charge is 0.381 e. The minimum absolute atomic E-state index is 0.121. The number of aryl methyl sites for hydroxylation is 1. The number of ether oxygens (including phenoxy) is 1. The average molecular weight is 660 g/mol. The number of likely N-dealkylation sites (tertiary alicyclic amines) is 1. The van der Waals surface area contributed by atoms with Gasteiger partial charge in [0.25, 0.3) is 5.91 Å². The van der Waals surface area contributed by atoms with E-state index in [0.29, 0.717) is 36.7 Å². The van der Waals surface area contributed by atoms with Gasteiger partial charge in [0.2, 0.25) is 5.91 Å². The highest BCUT2D eigenvalue weighted by Crippen LogP contribution is 2.52. The summed E-state index contributed by atoms with van der Waals surface area (Å²) in [5, 5.41) is 6.32. The number of anilines is 3. The predicted octanol–water partition coefficient (Wildman–Crippen LogP) is 6.26.